The highest BCUT2D eigenvalue weighted by Gasteiger charge is 2.41. The second-order valence-electron chi connectivity index (χ2n) is 6.01. The first kappa shape index (κ1) is 13.6. The molecule has 0 radical (unpaired) electrons. The number of halogens is 1. The molecule has 1 saturated carbocycles. The molecule has 1 heterocycles. The molecule has 1 aromatic rings. The zero-order valence-electron chi connectivity index (χ0n) is 11.5. The van der Waals surface area contributed by atoms with Crippen molar-refractivity contribution >= 4 is 15.9 Å². The maximum absolute atomic E-state index is 6.58. The van der Waals surface area contributed by atoms with E-state index in [1.165, 1.54) is 37.7 Å². The van der Waals surface area contributed by atoms with Gasteiger partial charge in [0.2, 0.25) is 0 Å². The van der Waals surface area contributed by atoms with Gasteiger partial charge in [-0.2, -0.15) is 0 Å². The van der Waals surface area contributed by atoms with Crippen molar-refractivity contribution in [2.24, 2.45) is 0 Å². The molecular weight excluding hydrogens is 302 g/mol. The highest BCUT2D eigenvalue weighted by Crippen LogP contribution is 2.40. The highest BCUT2D eigenvalue weighted by atomic mass is 79.9. The Morgan fingerprint density at radius 1 is 1.26 bits per heavy atom. The molecule has 2 aliphatic rings. The zero-order valence-corrected chi connectivity index (χ0v) is 13.1. The summed E-state index contributed by atoms with van der Waals surface area (Å²) >= 11 is 3.56. The Bertz CT molecular complexity index is 442. The van der Waals surface area contributed by atoms with E-state index in [0.29, 0.717) is 6.04 Å². The van der Waals surface area contributed by atoms with E-state index in [4.69, 9.17) is 4.74 Å². The van der Waals surface area contributed by atoms with E-state index in [2.05, 4.69) is 52.4 Å². The standard InChI is InChI=1S/C16H22BrNO/c1-12-15(13-6-5-7-14(17)10-13)19-16(11-18-12)8-3-2-4-9-16/h5-7,10,12,15,18H,2-4,8-9,11H2,1H3. The number of hydrogen-bond donors (Lipinski definition) is 1. The van der Waals surface area contributed by atoms with Gasteiger partial charge in [-0.25, -0.2) is 0 Å². The molecule has 1 aromatic carbocycles. The number of hydrogen-bond acceptors (Lipinski definition) is 2. The number of rotatable bonds is 1. The predicted octanol–water partition coefficient (Wildman–Crippen LogP) is 4.20. The molecule has 1 aliphatic heterocycles. The molecule has 2 fully saturated rings. The van der Waals surface area contributed by atoms with Crippen LogP contribution in [-0.2, 0) is 4.74 Å². The van der Waals surface area contributed by atoms with Crippen LogP contribution in [0.4, 0.5) is 0 Å². The van der Waals surface area contributed by atoms with Crippen molar-refractivity contribution in [3.63, 3.8) is 0 Å². The van der Waals surface area contributed by atoms with Crippen LogP contribution in [0.1, 0.15) is 50.7 Å². The summed E-state index contributed by atoms with van der Waals surface area (Å²) in [5.41, 5.74) is 1.36. The molecule has 2 nitrogen and oxygen atoms in total. The van der Waals surface area contributed by atoms with Crippen LogP contribution >= 0.6 is 15.9 Å². The summed E-state index contributed by atoms with van der Waals surface area (Å²) in [6.07, 6.45) is 6.56. The lowest BCUT2D eigenvalue weighted by Gasteiger charge is -2.47. The lowest BCUT2D eigenvalue weighted by atomic mass is 9.82. The fourth-order valence-corrected chi connectivity index (χ4v) is 3.82. The van der Waals surface area contributed by atoms with E-state index in [9.17, 15) is 0 Å². The van der Waals surface area contributed by atoms with Gasteiger partial charge in [-0.05, 0) is 37.5 Å². The maximum atomic E-state index is 6.58. The first-order valence-electron chi connectivity index (χ1n) is 7.35. The maximum Gasteiger partial charge on any atom is 0.0983 e. The van der Waals surface area contributed by atoms with Crippen molar-refractivity contribution in [2.45, 2.75) is 56.8 Å². The monoisotopic (exact) mass is 323 g/mol. The van der Waals surface area contributed by atoms with Gasteiger partial charge in [0, 0.05) is 17.1 Å². The second kappa shape index (κ2) is 5.55. The summed E-state index contributed by atoms with van der Waals surface area (Å²) in [4.78, 5) is 0. The van der Waals surface area contributed by atoms with Crippen LogP contribution < -0.4 is 5.32 Å². The number of morpholine rings is 1. The molecule has 0 aromatic heterocycles. The van der Waals surface area contributed by atoms with Gasteiger partial charge in [0.05, 0.1) is 11.7 Å². The first-order chi connectivity index (χ1) is 9.19. The van der Waals surface area contributed by atoms with Crippen molar-refractivity contribution in [1.29, 1.82) is 0 Å². The molecule has 0 bridgehead atoms. The fraction of sp³-hybridized carbons (Fsp3) is 0.625. The summed E-state index contributed by atoms with van der Waals surface area (Å²) in [6.45, 7) is 3.24. The lowest BCUT2D eigenvalue weighted by molar-refractivity contribution is -0.151. The largest absolute Gasteiger partial charge is 0.364 e. The van der Waals surface area contributed by atoms with Crippen LogP contribution in [0.2, 0.25) is 0 Å². The van der Waals surface area contributed by atoms with Gasteiger partial charge in [-0.15, -0.1) is 0 Å². The van der Waals surface area contributed by atoms with Gasteiger partial charge in [0.15, 0.2) is 0 Å². The molecule has 0 amide bonds. The fourth-order valence-electron chi connectivity index (χ4n) is 3.40. The Labute approximate surface area is 124 Å². The minimum Gasteiger partial charge on any atom is -0.364 e. The first-order valence-corrected chi connectivity index (χ1v) is 8.15. The van der Waals surface area contributed by atoms with Gasteiger partial charge < -0.3 is 10.1 Å². The van der Waals surface area contributed by atoms with Gasteiger partial charge in [-0.3, -0.25) is 0 Å². The minimum atomic E-state index is 0.0811. The lowest BCUT2D eigenvalue weighted by Crippen LogP contribution is -2.55. The normalized spacial score (nSPS) is 30.4. The van der Waals surface area contributed by atoms with Crippen LogP contribution in [0, 0.1) is 0 Å². The molecule has 19 heavy (non-hydrogen) atoms. The minimum absolute atomic E-state index is 0.0811. The van der Waals surface area contributed by atoms with Crippen LogP contribution in [0.25, 0.3) is 0 Å². The Hall–Kier alpha value is -0.380. The Kier molecular flexibility index (Phi) is 3.97. The average Bonchev–Trinajstić information content (AvgIpc) is 2.43. The van der Waals surface area contributed by atoms with E-state index in [1.54, 1.807) is 0 Å². The predicted molar refractivity (Wildman–Crippen MR) is 81.2 cm³/mol. The van der Waals surface area contributed by atoms with Crippen molar-refractivity contribution in [3.05, 3.63) is 34.3 Å². The summed E-state index contributed by atoms with van der Waals surface area (Å²) in [6, 6.07) is 8.90. The summed E-state index contributed by atoms with van der Waals surface area (Å²) in [5, 5.41) is 3.67. The van der Waals surface area contributed by atoms with E-state index < -0.39 is 0 Å². The Balaban J connectivity index is 1.83. The number of ether oxygens (including phenoxy) is 1. The van der Waals surface area contributed by atoms with Crippen LogP contribution in [0.3, 0.4) is 0 Å². The van der Waals surface area contributed by atoms with Gasteiger partial charge in [0.25, 0.3) is 0 Å². The molecule has 1 aliphatic carbocycles. The van der Waals surface area contributed by atoms with E-state index in [1.807, 2.05) is 0 Å². The molecular formula is C16H22BrNO. The topological polar surface area (TPSA) is 21.3 Å². The number of nitrogens with one attached hydrogen (secondary N) is 1. The summed E-state index contributed by atoms with van der Waals surface area (Å²) in [7, 11) is 0. The molecule has 104 valence electrons. The quantitative estimate of drug-likeness (QED) is 0.836. The molecule has 2 unspecified atom stereocenters. The van der Waals surface area contributed by atoms with Crippen LogP contribution in [0.5, 0.6) is 0 Å². The van der Waals surface area contributed by atoms with Gasteiger partial charge in [0.1, 0.15) is 0 Å². The summed E-state index contributed by atoms with van der Waals surface area (Å²) < 4.78 is 7.71. The second-order valence-corrected chi connectivity index (χ2v) is 6.92. The average molecular weight is 324 g/mol. The van der Waals surface area contributed by atoms with Gasteiger partial charge in [-0.1, -0.05) is 47.3 Å². The molecule has 3 rings (SSSR count). The SMILES string of the molecule is CC1NCC2(CCCCC2)OC1c1cccc(Br)c1. The molecule has 3 heteroatoms. The highest BCUT2D eigenvalue weighted by molar-refractivity contribution is 9.10. The van der Waals surface area contributed by atoms with Gasteiger partial charge >= 0.3 is 0 Å². The number of benzene rings is 1. The third-order valence-corrected chi connectivity index (χ3v) is 5.01. The third-order valence-electron chi connectivity index (χ3n) is 4.52. The van der Waals surface area contributed by atoms with E-state index in [-0.39, 0.29) is 11.7 Å². The van der Waals surface area contributed by atoms with Crippen molar-refractivity contribution in [2.75, 3.05) is 6.54 Å². The molecule has 2 atom stereocenters. The molecule has 1 N–H and O–H groups in total. The van der Waals surface area contributed by atoms with Crippen LogP contribution in [-0.4, -0.2) is 18.2 Å². The van der Waals surface area contributed by atoms with Crippen molar-refractivity contribution in [1.82, 2.24) is 5.32 Å². The van der Waals surface area contributed by atoms with Crippen LogP contribution in [0.15, 0.2) is 28.7 Å². The smallest absolute Gasteiger partial charge is 0.0983 e. The molecule has 1 spiro atoms. The van der Waals surface area contributed by atoms with Crippen molar-refractivity contribution < 1.29 is 4.74 Å². The Morgan fingerprint density at radius 3 is 2.79 bits per heavy atom. The zero-order chi connectivity index (χ0) is 13.3. The Morgan fingerprint density at radius 2 is 2.05 bits per heavy atom. The van der Waals surface area contributed by atoms with Crippen molar-refractivity contribution in [3.8, 4) is 0 Å². The van der Waals surface area contributed by atoms with E-state index >= 15 is 0 Å². The molecule has 1 saturated heterocycles. The third kappa shape index (κ3) is 2.88. The summed E-state index contributed by atoms with van der Waals surface area (Å²) in [5.74, 6) is 0. The van der Waals surface area contributed by atoms with E-state index in [0.717, 1.165) is 11.0 Å².